The average molecular weight is 512 g/mol. The van der Waals surface area contributed by atoms with Gasteiger partial charge in [-0.1, -0.05) is 44.2 Å². The summed E-state index contributed by atoms with van der Waals surface area (Å²) in [7, 11) is 0. The van der Waals surface area contributed by atoms with Crippen LogP contribution >= 0.6 is 0 Å². The number of rotatable bonds is 4. The smallest absolute Gasteiger partial charge is 0.322 e. The van der Waals surface area contributed by atoms with Gasteiger partial charge in [-0.2, -0.15) is 0 Å². The van der Waals surface area contributed by atoms with Gasteiger partial charge in [0.25, 0.3) is 5.91 Å². The van der Waals surface area contributed by atoms with Gasteiger partial charge >= 0.3 is 12.1 Å². The summed E-state index contributed by atoms with van der Waals surface area (Å²) in [5.41, 5.74) is 0.943. The maximum absolute atomic E-state index is 13.4. The van der Waals surface area contributed by atoms with E-state index in [-0.39, 0.29) is 17.7 Å². The number of nitrogens with zero attached hydrogens (tertiary/aromatic N) is 3. The molecule has 1 aromatic carbocycles. The highest BCUT2D eigenvalue weighted by Crippen LogP contribution is 2.23. The second kappa shape index (κ2) is 11.4. The molecule has 1 fully saturated rings. The SMILES string of the molecule is CC(C)C[C@H]1NC(=O)[C@@H]2CCCN2C(=O)NC(Cc2ccccc2)c2nnc(o2)[C@H](C)NC(=O)NC1=O. The minimum Gasteiger partial charge on any atom is -0.421 e. The largest absolute Gasteiger partial charge is 0.421 e. The zero-order valence-corrected chi connectivity index (χ0v) is 21.2. The predicted molar refractivity (Wildman–Crippen MR) is 132 cm³/mol. The molecule has 2 aromatic rings. The Labute approximate surface area is 214 Å². The number of hydrogen-bond acceptors (Lipinski definition) is 7. The van der Waals surface area contributed by atoms with Crippen LogP contribution in [0.5, 0.6) is 0 Å². The lowest BCUT2D eigenvalue weighted by Gasteiger charge is -2.28. The number of aromatic nitrogens is 2. The van der Waals surface area contributed by atoms with Crippen LogP contribution in [0.2, 0.25) is 0 Å². The fourth-order valence-electron chi connectivity index (χ4n) is 4.59. The zero-order valence-electron chi connectivity index (χ0n) is 21.2. The van der Waals surface area contributed by atoms with Gasteiger partial charge in [0.15, 0.2) is 0 Å². The second-order valence-electron chi connectivity index (χ2n) is 9.90. The molecule has 4 rings (SSSR count). The number of imide groups is 1. The van der Waals surface area contributed by atoms with Gasteiger partial charge in [0, 0.05) is 13.0 Å². The fraction of sp³-hybridized carbons (Fsp3) is 0.520. The lowest BCUT2D eigenvalue weighted by atomic mass is 10.0. The molecule has 0 spiro atoms. The number of amides is 6. The van der Waals surface area contributed by atoms with Crippen molar-refractivity contribution >= 4 is 23.9 Å². The first-order valence-corrected chi connectivity index (χ1v) is 12.6. The predicted octanol–water partition coefficient (Wildman–Crippen LogP) is 1.96. The molecule has 0 radical (unpaired) electrons. The summed E-state index contributed by atoms with van der Waals surface area (Å²) in [5.74, 6) is -0.706. The van der Waals surface area contributed by atoms with Gasteiger partial charge in [-0.25, -0.2) is 9.59 Å². The van der Waals surface area contributed by atoms with Crippen molar-refractivity contribution in [3.63, 3.8) is 0 Å². The van der Waals surface area contributed by atoms with Gasteiger partial charge < -0.3 is 25.3 Å². The van der Waals surface area contributed by atoms with Crippen LogP contribution in [-0.2, 0) is 16.0 Å². The number of urea groups is 2. The molecule has 6 amide bonds. The molecule has 37 heavy (non-hydrogen) atoms. The number of carbonyl (C=O) groups is 4. The molecule has 2 aliphatic rings. The summed E-state index contributed by atoms with van der Waals surface area (Å²) < 4.78 is 5.85. The molecule has 198 valence electrons. The van der Waals surface area contributed by atoms with Gasteiger partial charge in [-0.15, -0.1) is 10.2 Å². The van der Waals surface area contributed by atoms with Gasteiger partial charge in [-0.05, 0) is 37.7 Å². The number of benzene rings is 1. The normalized spacial score (nSPS) is 25.2. The van der Waals surface area contributed by atoms with Gasteiger partial charge in [-0.3, -0.25) is 14.9 Å². The van der Waals surface area contributed by atoms with Crippen LogP contribution < -0.4 is 21.3 Å². The third-order valence-electron chi connectivity index (χ3n) is 6.45. The van der Waals surface area contributed by atoms with E-state index in [0.717, 1.165) is 5.56 Å². The molecule has 2 aliphatic heterocycles. The van der Waals surface area contributed by atoms with E-state index in [1.807, 2.05) is 44.2 Å². The van der Waals surface area contributed by atoms with E-state index in [2.05, 4.69) is 31.5 Å². The van der Waals surface area contributed by atoms with E-state index in [1.165, 1.54) is 4.90 Å². The van der Waals surface area contributed by atoms with Crippen LogP contribution in [-0.4, -0.2) is 57.6 Å². The molecule has 3 heterocycles. The van der Waals surface area contributed by atoms with E-state index >= 15 is 0 Å². The molecule has 12 nitrogen and oxygen atoms in total. The van der Waals surface area contributed by atoms with Crippen LogP contribution in [0.1, 0.15) is 69.5 Å². The Bertz CT molecular complexity index is 1140. The summed E-state index contributed by atoms with van der Waals surface area (Å²) in [6, 6.07) is 5.30. The molecule has 2 bridgehead atoms. The van der Waals surface area contributed by atoms with E-state index in [1.54, 1.807) is 6.92 Å². The highest BCUT2D eigenvalue weighted by molar-refractivity contribution is 5.99. The van der Waals surface area contributed by atoms with Crippen LogP contribution in [0.15, 0.2) is 34.7 Å². The monoisotopic (exact) mass is 511 g/mol. The Kier molecular flexibility index (Phi) is 8.04. The standard InChI is InChI=1S/C25H33N7O5/c1-14(2)12-17-20(33)29-24(35)26-15(3)22-30-31-23(37-22)18(13-16-8-5-4-6-9-16)28-25(36)32-11-7-10-19(32)21(34)27-17/h4-6,8-9,14-15,17-19H,7,10-13H2,1-3H3,(H,27,34)(H,28,36)(H2,26,29,33,35)/t15-,17+,18?,19-/m0/s1. The van der Waals surface area contributed by atoms with E-state index in [4.69, 9.17) is 4.42 Å². The third-order valence-corrected chi connectivity index (χ3v) is 6.45. The summed E-state index contributed by atoms with van der Waals surface area (Å²) in [4.78, 5) is 53.5. The number of hydrogen-bond donors (Lipinski definition) is 4. The van der Waals surface area contributed by atoms with Crippen molar-refractivity contribution in [3.8, 4) is 0 Å². The van der Waals surface area contributed by atoms with Crippen molar-refractivity contribution < 1.29 is 23.6 Å². The molecule has 1 aromatic heterocycles. The van der Waals surface area contributed by atoms with Crippen molar-refractivity contribution in [2.75, 3.05) is 6.54 Å². The summed E-state index contributed by atoms with van der Waals surface area (Å²) in [5, 5.41) is 18.8. The molecular weight excluding hydrogens is 478 g/mol. The number of fused-ring (bicyclic) bond motifs is 3. The lowest BCUT2D eigenvalue weighted by molar-refractivity contribution is -0.130. The summed E-state index contributed by atoms with van der Waals surface area (Å²) >= 11 is 0. The van der Waals surface area contributed by atoms with Crippen LogP contribution in [0.25, 0.3) is 0 Å². The van der Waals surface area contributed by atoms with Crippen LogP contribution in [0.3, 0.4) is 0 Å². The topological polar surface area (TPSA) is 159 Å². The van der Waals surface area contributed by atoms with E-state index in [0.29, 0.717) is 32.2 Å². The average Bonchev–Trinajstić information content (AvgIpc) is 3.53. The molecule has 12 heteroatoms. The zero-order chi connectivity index (χ0) is 26.5. The Hall–Kier alpha value is -3.96. The van der Waals surface area contributed by atoms with Gasteiger partial charge in [0.2, 0.25) is 17.7 Å². The molecular formula is C25H33N7O5. The van der Waals surface area contributed by atoms with Crippen LogP contribution in [0.4, 0.5) is 9.59 Å². The molecule has 1 saturated heterocycles. The lowest BCUT2D eigenvalue weighted by Crippen LogP contribution is -2.56. The molecule has 0 saturated carbocycles. The maximum Gasteiger partial charge on any atom is 0.322 e. The minimum atomic E-state index is -0.937. The maximum atomic E-state index is 13.4. The molecule has 0 aliphatic carbocycles. The van der Waals surface area contributed by atoms with Crippen molar-refractivity contribution in [1.29, 1.82) is 0 Å². The first-order chi connectivity index (χ1) is 17.7. The number of nitrogens with one attached hydrogen (secondary N) is 4. The summed E-state index contributed by atoms with van der Waals surface area (Å²) in [6.45, 7) is 5.85. The fourth-order valence-corrected chi connectivity index (χ4v) is 4.59. The van der Waals surface area contributed by atoms with Gasteiger partial charge in [0.05, 0.1) is 0 Å². The first kappa shape index (κ1) is 26.1. The highest BCUT2D eigenvalue weighted by atomic mass is 16.4. The van der Waals surface area contributed by atoms with Crippen LogP contribution in [0, 0.1) is 5.92 Å². The van der Waals surface area contributed by atoms with E-state index < -0.39 is 48.0 Å². The summed E-state index contributed by atoms with van der Waals surface area (Å²) in [6.07, 6.45) is 1.81. The third kappa shape index (κ3) is 6.43. The van der Waals surface area contributed by atoms with Crippen molar-refractivity contribution in [1.82, 2.24) is 36.4 Å². The first-order valence-electron chi connectivity index (χ1n) is 12.6. The van der Waals surface area contributed by atoms with E-state index in [9.17, 15) is 19.2 Å². The minimum absolute atomic E-state index is 0.0715. The number of carbonyl (C=O) groups excluding carboxylic acids is 4. The highest BCUT2D eigenvalue weighted by Gasteiger charge is 2.38. The van der Waals surface area contributed by atoms with Crippen molar-refractivity contribution in [2.24, 2.45) is 5.92 Å². The molecule has 4 atom stereocenters. The van der Waals surface area contributed by atoms with Crippen molar-refractivity contribution in [3.05, 3.63) is 47.7 Å². The Morgan fingerprint density at radius 1 is 0.973 bits per heavy atom. The quantitative estimate of drug-likeness (QED) is 0.488. The Morgan fingerprint density at radius 3 is 2.43 bits per heavy atom. The Balaban J connectivity index is 1.66. The van der Waals surface area contributed by atoms with Crippen molar-refractivity contribution in [2.45, 2.75) is 70.6 Å². The molecule has 1 unspecified atom stereocenters. The molecule has 4 N–H and O–H groups in total. The Morgan fingerprint density at radius 2 is 1.70 bits per heavy atom. The second-order valence-corrected chi connectivity index (χ2v) is 9.90. The van der Waals surface area contributed by atoms with Gasteiger partial charge in [0.1, 0.15) is 24.2 Å².